The number of rotatable bonds is 12. The van der Waals surface area contributed by atoms with Crippen molar-refractivity contribution in [3.05, 3.63) is 23.5 Å². The van der Waals surface area contributed by atoms with E-state index in [1.807, 2.05) is 0 Å². The van der Waals surface area contributed by atoms with E-state index >= 15 is 0 Å². The Balaban J connectivity index is 1.80. The van der Waals surface area contributed by atoms with E-state index in [0.29, 0.717) is 25.2 Å². The molecule has 2 rings (SSSR count). The van der Waals surface area contributed by atoms with Gasteiger partial charge < -0.3 is 20.2 Å². The average Bonchev–Trinajstić information content (AvgIpc) is 3.17. The second-order valence-corrected chi connectivity index (χ2v) is 9.19. The fourth-order valence-electron chi connectivity index (χ4n) is 4.98. The van der Waals surface area contributed by atoms with Crippen molar-refractivity contribution in [3.63, 3.8) is 0 Å². The number of carbonyl (C=O) groups excluding carboxylic acids is 1. The SMILES string of the molecule is CCCCCCC(O)=CC(O)[C@@H]1[C@H]2CC(CCCCC(=O)N(C)C)=C[C@@H]2C[C@H]1O. The van der Waals surface area contributed by atoms with Gasteiger partial charge in [-0.3, -0.25) is 4.79 Å². The van der Waals surface area contributed by atoms with Crippen LogP contribution in [0.4, 0.5) is 0 Å². The Morgan fingerprint density at radius 3 is 2.62 bits per heavy atom. The molecule has 0 aromatic rings. The van der Waals surface area contributed by atoms with Gasteiger partial charge in [0, 0.05) is 32.9 Å². The molecule has 0 radical (unpaired) electrons. The first-order chi connectivity index (χ1) is 13.8. The minimum absolute atomic E-state index is 0.176. The summed E-state index contributed by atoms with van der Waals surface area (Å²) < 4.78 is 0. The molecule has 29 heavy (non-hydrogen) atoms. The highest BCUT2D eigenvalue weighted by atomic mass is 16.3. The average molecular weight is 408 g/mol. The molecule has 0 aromatic heterocycles. The maximum atomic E-state index is 11.7. The Labute approximate surface area is 176 Å². The molecule has 0 heterocycles. The first-order valence-corrected chi connectivity index (χ1v) is 11.5. The smallest absolute Gasteiger partial charge is 0.222 e. The third kappa shape index (κ3) is 7.14. The van der Waals surface area contributed by atoms with Crippen LogP contribution in [0.3, 0.4) is 0 Å². The summed E-state index contributed by atoms with van der Waals surface area (Å²) in [6.07, 6.45) is 12.6. The molecule has 2 aliphatic carbocycles. The lowest BCUT2D eigenvalue weighted by atomic mass is 9.84. The van der Waals surface area contributed by atoms with Crippen LogP contribution in [0, 0.1) is 17.8 Å². The van der Waals surface area contributed by atoms with Crippen LogP contribution in [0.5, 0.6) is 0 Å². The zero-order valence-electron chi connectivity index (χ0n) is 18.5. The Morgan fingerprint density at radius 2 is 1.93 bits per heavy atom. The van der Waals surface area contributed by atoms with Crippen molar-refractivity contribution in [2.24, 2.45) is 17.8 Å². The van der Waals surface area contributed by atoms with Crippen LogP contribution < -0.4 is 0 Å². The van der Waals surface area contributed by atoms with Gasteiger partial charge in [0.15, 0.2) is 0 Å². The second kappa shape index (κ2) is 11.8. The van der Waals surface area contributed by atoms with E-state index in [1.54, 1.807) is 25.1 Å². The number of hydrogen-bond acceptors (Lipinski definition) is 4. The van der Waals surface area contributed by atoms with Crippen LogP contribution in [-0.4, -0.2) is 52.4 Å². The summed E-state index contributed by atoms with van der Waals surface area (Å²) in [6.45, 7) is 2.16. The quantitative estimate of drug-likeness (QED) is 0.255. The van der Waals surface area contributed by atoms with E-state index in [1.165, 1.54) is 12.0 Å². The Morgan fingerprint density at radius 1 is 1.21 bits per heavy atom. The molecule has 0 aliphatic heterocycles. The van der Waals surface area contributed by atoms with Crippen LogP contribution in [-0.2, 0) is 4.79 Å². The van der Waals surface area contributed by atoms with Crippen LogP contribution in [0.2, 0.25) is 0 Å². The molecule has 2 aliphatic rings. The molecule has 5 heteroatoms. The van der Waals surface area contributed by atoms with Gasteiger partial charge in [-0.15, -0.1) is 0 Å². The minimum atomic E-state index is -0.795. The van der Waals surface area contributed by atoms with Gasteiger partial charge in [0.2, 0.25) is 5.91 Å². The molecule has 1 unspecified atom stereocenters. The summed E-state index contributed by atoms with van der Waals surface area (Å²) in [7, 11) is 3.58. The summed E-state index contributed by atoms with van der Waals surface area (Å²) in [6, 6.07) is 0. The van der Waals surface area contributed by atoms with Crippen LogP contribution in [0.25, 0.3) is 0 Å². The molecule has 5 atom stereocenters. The van der Waals surface area contributed by atoms with Gasteiger partial charge >= 0.3 is 0 Å². The van der Waals surface area contributed by atoms with Gasteiger partial charge in [-0.05, 0) is 56.4 Å². The lowest BCUT2D eigenvalue weighted by molar-refractivity contribution is -0.128. The summed E-state index contributed by atoms with van der Waals surface area (Å²) in [5.41, 5.74) is 1.40. The summed E-state index contributed by atoms with van der Waals surface area (Å²) in [5, 5.41) is 31.3. The summed E-state index contributed by atoms with van der Waals surface area (Å²) in [4.78, 5) is 13.3. The van der Waals surface area contributed by atoms with E-state index in [2.05, 4.69) is 13.0 Å². The number of aliphatic hydroxyl groups is 3. The van der Waals surface area contributed by atoms with Crippen molar-refractivity contribution in [2.45, 2.75) is 89.8 Å². The van der Waals surface area contributed by atoms with E-state index in [0.717, 1.165) is 44.9 Å². The molecule has 5 nitrogen and oxygen atoms in total. The number of unbranched alkanes of at least 4 members (excludes halogenated alkanes) is 4. The standard InChI is InChI=1S/C24H41NO4/c1-4-5-6-7-11-19(26)16-22(28)24-20-14-17(13-18(20)15-21(24)27)10-8-9-12-23(29)25(2)3/h13,16,18,20-22,24,26-28H,4-12,14-15H2,1-3H3/t18-,20+,21-,22?,24-/m1/s1. The number of carbonyl (C=O) groups is 1. The minimum Gasteiger partial charge on any atom is -0.513 e. The van der Waals surface area contributed by atoms with Gasteiger partial charge in [0.05, 0.1) is 18.0 Å². The number of allylic oxidation sites excluding steroid dienone is 3. The van der Waals surface area contributed by atoms with Crippen molar-refractivity contribution >= 4 is 5.91 Å². The highest BCUT2D eigenvalue weighted by molar-refractivity contribution is 5.75. The van der Waals surface area contributed by atoms with Crippen LogP contribution in [0.15, 0.2) is 23.5 Å². The second-order valence-electron chi connectivity index (χ2n) is 9.19. The Hall–Kier alpha value is -1.33. The predicted octanol–water partition coefficient (Wildman–Crippen LogP) is 4.35. The van der Waals surface area contributed by atoms with Crippen molar-refractivity contribution in [3.8, 4) is 0 Å². The Kier molecular flexibility index (Phi) is 9.70. The topological polar surface area (TPSA) is 81.0 Å². The van der Waals surface area contributed by atoms with Gasteiger partial charge in [-0.1, -0.05) is 37.8 Å². The van der Waals surface area contributed by atoms with Crippen molar-refractivity contribution in [2.75, 3.05) is 14.1 Å². The largest absolute Gasteiger partial charge is 0.513 e. The van der Waals surface area contributed by atoms with Crippen molar-refractivity contribution in [1.29, 1.82) is 0 Å². The maximum Gasteiger partial charge on any atom is 0.222 e. The molecule has 166 valence electrons. The predicted molar refractivity (Wildman–Crippen MR) is 116 cm³/mol. The molecule has 0 spiro atoms. The normalized spacial score (nSPS) is 27.6. The highest BCUT2D eigenvalue weighted by Crippen LogP contribution is 2.49. The molecule has 1 fully saturated rings. The molecule has 1 amide bonds. The van der Waals surface area contributed by atoms with Gasteiger partial charge in [-0.25, -0.2) is 0 Å². The molecule has 0 aromatic carbocycles. The number of nitrogens with zero attached hydrogens (tertiary/aromatic N) is 1. The number of fused-ring (bicyclic) bond motifs is 1. The van der Waals surface area contributed by atoms with Gasteiger partial charge in [0.1, 0.15) is 0 Å². The van der Waals surface area contributed by atoms with Gasteiger partial charge in [0.25, 0.3) is 0 Å². The molecule has 3 N–H and O–H groups in total. The van der Waals surface area contributed by atoms with E-state index < -0.39 is 12.2 Å². The zero-order valence-corrected chi connectivity index (χ0v) is 18.5. The number of amides is 1. The fourth-order valence-corrected chi connectivity index (χ4v) is 4.98. The van der Waals surface area contributed by atoms with Crippen molar-refractivity contribution < 1.29 is 20.1 Å². The van der Waals surface area contributed by atoms with E-state index in [4.69, 9.17) is 0 Å². The first kappa shape index (κ1) is 23.9. The van der Waals surface area contributed by atoms with Crippen LogP contribution >= 0.6 is 0 Å². The zero-order chi connectivity index (χ0) is 21.4. The molecule has 1 saturated carbocycles. The Bertz CT molecular complexity index is 583. The summed E-state index contributed by atoms with van der Waals surface area (Å²) >= 11 is 0. The lowest BCUT2D eigenvalue weighted by Gasteiger charge is -2.25. The van der Waals surface area contributed by atoms with Gasteiger partial charge in [-0.2, -0.15) is 0 Å². The lowest BCUT2D eigenvalue weighted by Crippen LogP contribution is -2.31. The number of hydrogen-bond donors (Lipinski definition) is 3. The monoisotopic (exact) mass is 407 g/mol. The van der Waals surface area contributed by atoms with Crippen LogP contribution in [0.1, 0.15) is 77.6 Å². The van der Waals surface area contributed by atoms with E-state index in [9.17, 15) is 20.1 Å². The van der Waals surface area contributed by atoms with E-state index in [-0.39, 0.29) is 23.5 Å². The first-order valence-electron chi connectivity index (χ1n) is 11.5. The van der Waals surface area contributed by atoms with Crippen molar-refractivity contribution in [1.82, 2.24) is 4.90 Å². The molecular formula is C24H41NO4. The highest BCUT2D eigenvalue weighted by Gasteiger charge is 2.47. The third-order valence-electron chi connectivity index (χ3n) is 6.63. The number of aliphatic hydroxyl groups excluding tert-OH is 3. The summed E-state index contributed by atoms with van der Waals surface area (Å²) in [5.74, 6) is 0.795. The molecule has 0 bridgehead atoms. The molecule has 0 saturated heterocycles. The third-order valence-corrected chi connectivity index (χ3v) is 6.63. The fraction of sp³-hybridized carbons (Fsp3) is 0.792. The molecular weight excluding hydrogens is 366 g/mol. The maximum absolute atomic E-state index is 11.7.